The third-order valence-corrected chi connectivity index (χ3v) is 3.84. The van der Waals surface area contributed by atoms with E-state index >= 15 is 0 Å². The molecular formula is C14H20N2O3. The zero-order valence-electron chi connectivity index (χ0n) is 10.9. The lowest BCUT2D eigenvalue weighted by Crippen LogP contribution is -2.45. The Labute approximate surface area is 112 Å². The summed E-state index contributed by atoms with van der Waals surface area (Å²) in [7, 11) is 0. The van der Waals surface area contributed by atoms with E-state index in [0.29, 0.717) is 26.2 Å². The second-order valence-electron chi connectivity index (χ2n) is 5.50. The Balaban J connectivity index is 1.74. The van der Waals surface area contributed by atoms with Crippen molar-refractivity contribution in [3.63, 3.8) is 0 Å². The Morgan fingerprint density at radius 1 is 1.42 bits per heavy atom. The van der Waals surface area contributed by atoms with Crippen LogP contribution in [0.5, 0.6) is 11.5 Å². The zero-order chi connectivity index (χ0) is 13.3. The van der Waals surface area contributed by atoms with Gasteiger partial charge in [-0.25, -0.2) is 0 Å². The van der Waals surface area contributed by atoms with Gasteiger partial charge in [-0.2, -0.15) is 0 Å². The Kier molecular flexibility index (Phi) is 3.35. The van der Waals surface area contributed by atoms with Gasteiger partial charge in [0, 0.05) is 31.7 Å². The SMILES string of the molecule is Oc1ccc2c(c1)CN(CC1(O)CCNC1)CCO2. The van der Waals surface area contributed by atoms with Crippen molar-refractivity contribution in [2.45, 2.75) is 18.6 Å². The van der Waals surface area contributed by atoms with Gasteiger partial charge in [0.25, 0.3) is 0 Å². The summed E-state index contributed by atoms with van der Waals surface area (Å²) < 4.78 is 5.68. The largest absolute Gasteiger partial charge is 0.508 e. The Hall–Kier alpha value is -1.30. The van der Waals surface area contributed by atoms with Gasteiger partial charge in [0.05, 0.1) is 5.60 Å². The Morgan fingerprint density at radius 3 is 3.11 bits per heavy atom. The van der Waals surface area contributed by atoms with Crippen LogP contribution in [0, 0.1) is 0 Å². The van der Waals surface area contributed by atoms with E-state index in [1.54, 1.807) is 18.2 Å². The highest BCUT2D eigenvalue weighted by molar-refractivity contribution is 5.40. The predicted molar refractivity (Wildman–Crippen MR) is 71.3 cm³/mol. The topological polar surface area (TPSA) is 65.0 Å². The highest BCUT2D eigenvalue weighted by Gasteiger charge is 2.33. The van der Waals surface area contributed by atoms with Crippen LogP contribution in [0.3, 0.4) is 0 Å². The minimum Gasteiger partial charge on any atom is -0.508 e. The number of aliphatic hydroxyl groups is 1. The first-order chi connectivity index (χ1) is 9.15. The number of ether oxygens (including phenoxy) is 1. The van der Waals surface area contributed by atoms with Gasteiger partial charge in [-0.15, -0.1) is 0 Å². The van der Waals surface area contributed by atoms with Crippen molar-refractivity contribution in [2.24, 2.45) is 0 Å². The lowest BCUT2D eigenvalue weighted by atomic mass is 10.0. The summed E-state index contributed by atoms with van der Waals surface area (Å²) in [6, 6.07) is 5.19. The van der Waals surface area contributed by atoms with E-state index in [9.17, 15) is 10.2 Å². The molecule has 3 rings (SSSR count). The number of β-amino-alcohol motifs (C(OH)–C–C–N with tert-alkyl or cyclic N) is 1. The summed E-state index contributed by atoms with van der Waals surface area (Å²) in [5.74, 6) is 1.09. The van der Waals surface area contributed by atoms with E-state index in [1.807, 2.05) is 0 Å². The molecule has 0 aliphatic carbocycles. The molecule has 3 N–H and O–H groups in total. The maximum Gasteiger partial charge on any atom is 0.124 e. The number of rotatable bonds is 2. The van der Waals surface area contributed by atoms with E-state index in [2.05, 4.69) is 10.2 Å². The summed E-state index contributed by atoms with van der Waals surface area (Å²) in [5, 5.41) is 23.2. The normalized spacial score (nSPS) is 27.6. The number of phenols is 1. The molecular weight excluding hydrogens is 244 g/mol. The Bertz CT molecular complexity index is 458. The number of hydrogen-bond acceptors (Lipinski definition) is 5. The average Bonchev–Trinajstić information content (AvgIpc) is 2.69. The molecule has 5 heteroatoms. The van der Waals surface area contributed by atoms with Gasteiger partial charge in [-0.1, -0.05) is 0 Å². The van der Waals surface area contributed by atoms with Crippen LogP contribution in [0.15, 0.2) is 18.2 Å². The van der Waals surface area contributed by atoms with Gasteiger partial charge >= 0.3 is 0 Å². The second kappa shape index (κ2) is 5.00. The van der Waals surface area contributed by atoms with Crippen LogP contribution in [-0.2, 0) is 6.54 Å². The Morgan fingerprint density at radius 2 is 2.32 bits per heavy atom. The van der Waals surface area contributed by atoms with E-state index in [-0.39, 0.29) is 5.75 Å². The van der Waals surface area contributed by atoms with Crippen molar-refractivity contribution in [2.75, 3.05) is 32.8 Å². The molecule has 2 aliphatic heterocycles. The fraction of sp³-hybridized carbons (Fsp3) is 0.571. The molecule has 1 aromatic carbocycles. The maximum atomic E-state index is 10.4. The summed E-state index contributed by atoms with van der Waals surface area (Å²) in [6.45, 7) is 4.26. The van der Waals surface area contributed by atoms with E-state index in [0.717, 1.165) is 30.8 Å². The predicted octanol–water partition coefficient (Wildman–Crippen LogP) is 0.311. The first kappa shape index (κ1) is 12.7. The van der Waals surface area contributed by atoms with Crippen LogP contribution in [0.2, 0.25) is 0 Å². The average molecular weight is 264 g/mol. The van der Waals surface area contributed by atoms with E-state index in [4.69, 9.17) is 4.74 Å². The van der Waals surface area contributed by atoms with Crippen LogP contribution in [-0.4, -0.2) is 53.5 Å². The monoisotopic (exact) mass is 264 g/mol. The first-order valence-electron chi connectivity index (χ1n) is 6.75. The van der Waals surface area contributed by atoms with Crippen LogP contribution in [0.25, 0.3) is 0 Å². The molecule has 104 valence electrons. The standard InChI is InChI=1S/C14H20N2O3/c17-12-1-2-13-11(7-12)8-16(5-6-19-13)10-14(18)3-4-15-9-14/h1-2,7,15,17-18H,3-6,8-10H2. The highest BCUT2D eigenvalue weighted by atomic mass is 16.5. The number of nitrogens with zero attached hydrogens (tertiary/aromatic N) is 1. The van der Waals surface area contributed by atoms with Crippen molar-refractivity contribution in [1.29, 1.82) is 0 Å². The van der Waals surface area contributed by atoms with Crippen molar-refractivity contribution < 1.29 is 14.9 Å². The molecule has 19 heavy (non-hydrogen) atoms. The molecule has 0 radical (unpaired) electrons. The van der Waals surface area contributed by atoms with Crippen molar-refractivity contribution in [3.8, 4) is 11.5 Å². The molecule has 2 aliphatic rings. The molecule has 0 amide bonds. The zero-order valence-corrected chi connectivity index (χ0v) is 10.9. The van der Waals surface area contributed by atoms with Gasteiger partial charge in [0.1, 0.15) is 18.1 Å². The fourth-order valence-corrected chi connectivity index (χ4v) is 2.85. The quantitative estimate of drug-likeness (QED) is 0.717. The molecule has 0 bridgehead atoms. The molecule has 0 spiro atoms. The summed E-state index contributed by atoms with van der Waals surface area (Å²) in [4.78, 5) is 2.19. The van der Waals surface area contributed by atoms with Crippen LogP contribution in [0.4, 0.5) is 0 Å². The lowest BCUT2D eigenvalue weighted by Gasteiger charge is -2.29. The van der Waals surface area contributed by atoms with E-state index < -0.39 is 5.60 Å². The highest BCUT2D eigenvalue weighted by Crippen LogP contribution is 2.28. The number of aromatic hydroxyl groups is 1. The molecule has 2 heterocycles. The molecule has 1 atom stereocenters. The summed E-state index contributed by atoms with van der Waals surface area (Å²) >= 11 is 0. The smallest absolute Gasteiger partial charge is 0.124 e. The van der Waals surface area contributed by atoms with Crippen molar-refractivity contribution in [1.82, 2.24) is 10.2 Å². The van der Waals surface area contributed by atoms with Gasteiger partial charge < -0.3 is 20.3 Å². The van der Waals surface area contributed by atoms with Gasteiger partial charge in [-0.3, -0.25) is 4.90 Å². The lowest BCUT2D eigenvalue weighted by molar-refractivity contribution is 0.0172. The van der Waals surface area contributed by atoms with Crippen LogP contribution in [0.1, 0.15) is 12.0 Å². The number of benzene rings is 1. The van der Waals surface area contributed by atoms with Gasteiger partial charge in [0.15, 0.2) is 0 Å². The minimum absolute atomic E-state index is 0.255. The summed E-state index contributed by atoms with van der Waals surface area (Å²) in [6.07, 6.45) is 0.789. The molecule has 0 saturated carbocycles. The molecule has 1 fully saturated rings. The third kappa shape index (κ3) is 2.83. The van der Waals surface area contributed by atoms with Crippen LogP contribution < -0.4 is 10.1 Å². The second-order valence-corrected chi connectivity index (χ2v) is 5.50. The molecule has 5 nitrogen and oxygen atoms in total. The molecule has 1 unspecified atom stereocenters. The van der Waals surface area contributed by atoms with E-state index in [1.165, 1.54) is 0 Å². The summed E-state index contributed by atoms with van der Waals surface area (Å²) in [5.41, 5.74) is 0.341. The number of hydrogen-bond donors (Lipinski definition) is 3. The molecule has 1 aromatic rings. The number of nitrogens with one attached hydrogen (secondary N) is 1. The van der Waals surface area contributed by atoms with Gasteiger partial charge in [-0.05, 0) is 31.2 Å². The maximum absolute atomic E-state index is 10.4. The van der Waals surface area contributed by atoms with Gasteiger partial charge in [0.2, 0.25) is 0 Å². The third-order valence-electron chi connectivity index (χ3n) is 3.84. The van der Waals surface area contributed by atoms with Crippen molar-refractivity contribution in [3.05, 3.63) is 23.8 Å². The number of fused-ring (bicyclic) bond motifs is 1. The van der Waals surface area contributed by atoms with Crippen molar-refractivity contribution >= 4 is 0 Å². The minimum atomic E-state index is -0.638. The first-order valence-corrected chi connectivity index (χ1v) is 6.75. The van der Waals surface area contributed by atoms with Crippen LogP contribution >= 0.6 is 0 Å². The number of phenolic OH excluding ortho intramolecular Hbond substituents is 1. The fourth-order valence-electron chi connectivity index (χ4n) is 2.85. The molecule has 0 aromatic heterocycles. The molecule has 1 saturated heterocycles.